The zero-order chi connectivity index (χ0) is 21.0. The van der Waals surface area contributed by atoms with Crippen molar-refractivity contribution >= 4 is 46.6 Å². The molecule has 2 saturated heterocycles. The van der Waals surface area contributed by atoms with Crippen molar-refractivity contribution in [1.29, 1.82) is 5.26 Å². The number of benzene rings is 1. The average Bonchev–Trinajstić information content (AvgIpc) is 3.07. The molecule has 1 aromatic carbocycles. The molecule has 0 spiro atoms. The fraction of sp³-hybridized carbons (Fsp3) is 0.421. The molecule has 1 atom stereocenters. The summed E-state index contributed by atoms with van der Waals surface area (Å²) >= 11 is 10.9. The molecule has 10 heteroatoms. The molecule has 2 heterocycles. The summed E-state index contributed by atoms with van der Waals surface area (Å²) in [6.45, 7) is 1.47. The zero-order valence-corrected chi connectivity index (χ0v) is 16.9. The number of nitriles is 1. The van der Waals surface area contributed by atoms with Gasteiger partial charge in [0.25, 0.3) is 5.91 Å². The van der Waals surface area contributed by atoms with Gasteiger partial charge >= 0.3 is 6.09 Å². The van der Waals surface area contributed by atoms with Crippen molar-refractivity contribution in [3.05, 3.63) is 35.7 Å². The lowest BCUT2D eigenvalue weighted by Gasteiger charge is -2.30. The van der Waals surface area contributed by atoms with Crippen LogP contribution in [0.2, 0.25) is 0 Å². The number of alkyl halides is 2. The van der Waals surface area contributed by atoms with Crippen molar-refractivity contribution in [3.63, 3.8) is 0 Å². The molecule has 1 N–H and O–H groups in total. The molecule has 2 amide bonds. The summed E-state index contributed by atoms with van der Waals surface area (Å²) in [7, 11) is 0. The molecule has 0 radical (unpaired) electrons. The first kappa shape index (κ1) is 21.2. The van der Waals surface area contributed by atoms with Crippen LogP contribution >= 0.6 is 23.2 Å². The number of nitrogens with zero attached hydrogens (tertiary/aromatic N) is 3. The molecule has 7 nitrogen and oxygen atoms in total. The van der Waals surface area contributed by atoms with Gasteiger partial charge in [0.05, 0.1) is 30.5 Å². The van der Waals surface area contributed by atoms with Crippen molar-refractivity contribution in [2.75, 3.05) is 36.0 Å². The third-order valence-electron chi connectivity index (χ3n) is 4.83. The highest BCUT2D eigenvalue weighted by Crippen LogP contribution is 2.30. The molecule has 1 aromatic rings. The topological polar surface area (TPSA) is 85.7 Å². The minimum Gasteiger partial charge on any atom is -0.442 e. The number of rotatable bonds is 5. The molecule has 3 rings (SSSR count). The first-order chi connectivity index (χ1) is 13.9. The first-order valence-electron chi connectivity index (χ1n) is 9.05. The van der Waals surface area contributed by atoms with Crippen LogP contribution in [-0.4, -0.2) is 49.1 Å². The maximum absolute atomic E-state index is 14.7. The largest absolute Gasteiger partial charge is 0.442 e. The Morgan fingerprint density at radius 3 is 2.76 bits per heavy atom. The van der Waals surface area contributed by atoms with Crippen molar-refractivity contribution in [3.8, 4) is 6.07 Å². The van der Waals surface area contributed by atoms with Crippen LogP contribution < -0.4 is 15.1 Å². The van der Waals surface area contributed by atoms with Gasteiger partial charge in [-0.15, -0.1) is 0 Å². The number of amides is 2. The zero-order valence-electron chi connectivity index (χ0n) is 15.4. The average molecular weight is 441 g/mol. The maximum atomic E-state index is 14.7. The number of carbonyl (C=O) groups excluding carboxylic acids is 2. The van der Waals surface area contributed by atoms with Crippen molar-refractivity contribution in [2.24, 2.45) is 0 Å². The van der Waals surface area contributed by atoms with Crippen LogP contribution in [0.3, 0.4) is 0 Å². The number of carbonyl (C=O) groups is 2. The summed E-state index contributed by atoms with van der Waals surface area (Å²) in [6, 6.07) is 6.63. The third kappa shape index (κ3) is 5.11. The van der Waals surface area contributed by atoms with E-state index in [1.165, 1.54) is 11.0 Å². The highest BCUT2D eigenvalue weighted by atomic mass is 35.5. The summed E-state index contributed by atoms with van der Waals surface area (Å²) in [5.74, 6) is -1.01. The molecular weight excluding hydrogens is 422 g/mol. The molecule has 0 aliphatic carbocycles. The van der Waals surface area contributed by atoms with Crippen LogP contribution in [0.1, 0.15) is 12.8 Å². The molecular formula is C19H19Cl2FN4O3. The smallest absolute Gasteiger partial charge is 0.414 e. The molecule has 154 valence electrons. The quantitative estimate of drug-likeness (QED) is 0.561. The Morgan fingerprint density at radius 1 is 1.41 bits per heavy atom. The number of halogens is 3. The van der Waals surface area contributed by atoms with E-state index in [4.69, 9.17) is 33.2 Å². The Hall–Kier alpha value is -2.50. The second kappa shape index (κ2) is 9.33. The lowest BCUT2D eigenvalue weighted by molar-refractivity contribution is -0.119. The predicted molar refractivity (Wildman–Crippen MR) is 108 cm³/mol. The van der Waals surface area contributed by atoms with E-state index in [1.807, 2.05) is 11.0 Å². The maximum Gasteiger partial charge on any atom is 0.414 e. The number of ether oxygens (including phenoxy) is 1. The van der Waals surface area contributed by atoms with Gasteiger partial charge in [0.2, 0.25) is 0 Å². The predicted octanol–water partition coefficient (Wildman–Crippen LogP) is 3.12. The number of hydrogen-bond donors (Lipinski definition) is 1. The van der Waals surface area contributed by atoms with Crippen LogP contribution in [0.15, 0.2) is 29.8 Å². The summed E-state index contributed by atoms with van der Waals surface area (Å²) < 4.78 is 19.9. The van der Waals surface area contributed by atoms with E-state index in [0.29, 0.717) is 37.3 Å². The number of nitrogens with one attached hydrogen (secondary N) is 1. The van der Waals surface area contributed by atoms with Crippen LogP contribution in [0.5, 0.6) is 0 Å². The Morgan fingerprint density at radius 2 is 2.14 bits per heavy atom. The Balaban J connectivity index is 1.63. The summed E-state index contributed by atoms with van der Waals surface area (Å²) in [5, 5.41) is 11.2. The molecule has 0 aromatic heterocycles. The molecule has 2 aliphatic rings. The fourth-order valence-electron chi connectivity index (χ4n) is 3.32. The van der Waals surface area contributed by atoms with Crippen molar-refractivity contribution in [1.82, 2.24) is 5.32 Å². The summed E-state index contributed by atoms with van der Waals surface area (Å²) in [6.07, 6.45) is 1.77. The van der Waals surface area contributed by atoms with E-state index in [2.05, 4.69) is 5.32 Å². The number of piperidine rings is 1. The monoisotopic (exact) mass is 440 g/mol. The van der Waals surface area contributed by atoms with Gasteiger partial charge in [-0.25, -0.2) is 9.18 Å². The Bertz CT molecular complexity index is 862. The first-order valence-corrected chi connectivity index (χ1v) is 9.92. The van der Waals surface area contributed by atoms with Crippen molar-refractivity contribution in [2.45, 2.75) is 23.8 Å². The molecule has 2 aliphatic heterocycles. The van der Waals surface area contributed by atoms with Gasteiger partial charge in [-0.3, -0.25) is 9.69 Å². The number of allylic oxidation sites excluding steroid dienone is 1. The van der Waals surface area contributed by atoms with Gasteiger partial charge in [-0.1, -0.05) is 28.8 Å². The second-order valence-electron chi connectivity index (χ2n) is 6.72. The molecule has 1 unspecified atom stereocenters. The molecule has 29 heavy (non-hydrogen) atoms. The third-order valence-corrected chi connectivity index (χ3v) is 5.23. The standard InChI is InChI=1S/C19H19Cl2FN4O3/c20-17(21)18(27)24-10-14-11-26(19(28)29-14)13-1-2-16(15(22)9-13)25-7-4-12(3-6-23)5-8-25/h1-3,9,14,17H,4-5,7-8,10-11H2,(H,24,27). The van der Waals surface area contributed by atoms with Gasteiger partial charge in [0.1, 0.15) is 11.9 Å². The lowest BCUT2D eigenvalue weighted by Crippen LogP contribution is -2.37. The van der Waals surface area contributed by atoms with Crippen LogP contribution in [-0.2, 0) is 9.53 Å². The highest BCUT2D eigenvalue weighted by Gasteiger charge is 2.33. The van der Waals surface area contributed by atoms with Gasteiger partial charge in [0, 0.05) is 19.2 Å². The van der Waals surface area contributed by atoms with E-state index in [9.17, 15) is 14.0 Å². The van der Waals surface area contributed by atoms with E-state index >= 15 is 0 Å². The molecule has 2 fully saturated rings. The normalized spacial score (nSPS) is 19.2. The number of hydrogen-bond acceptors (Lipinski definition) is 5. The van der Waals surface area contributed by atoms with E-state index < -0.39 is 28.8 Å². The summed E-state index contributed by atoms with van der Waals surface area (Å²) in [4.78, 5) is 25.6. The van der Waals surface area contributed by atoms with Gasteiger partial charge in [-0.05, 0) is 31.0 Å². The number of anilines is 2. The van der Waals surface area contributed by atoms with E-state index in [0.717, 1.165) is 5.57 Å². The van der Waals surface area contributed by atoms with E-state index in [1.54, 1.807) is 18.2 Å². The SMILES string of the molecule is N#CC=C1CCN(c2ccc(N3CC(CNC(=O)C(Cl)Cl)OC3=O)cc2F)CC1. The Kier molecular flexibility index (Phi) is 6.83. The van der Waals surface area contributed by atoms with Crippen LogP contribution in [0.4, 0.5) is 20.6 Å². The van der Waals surface area contributed by atoms with Gasteiger partial charge < -0.3 is 15.0 Å². The number of cyclic esters (lactones) is 1. The van der Waals surface area contributed by atoms with Gasteiger partial charge in [0.15, 0.2) is 4.84 Å². The molecule has 0 bridgehead atoms. The molecule has 0 saturated carbocycles. The minimum atomic E-state index is -1.20. The van der Waals surface area contributed by atoms with E-state index in [-0.39, 0.29) is 13.1 Å². The summed E-state index contributed by atoms with van der Waals surface area (Å²) in [5.41, 5.74) is 1.89. The van der Waals surface area contributed by atoms with Crippen LogP contribution in [0, 0.1) is 17.1 Å². The second-order valence-corrected chi connectivity index (χ2v) is 7.81. The lowest BCUT2D eigenvalue weighted by atomic mass is 10.0. The Labute approximate surface area is 177 Å². The van der Waals surface area contributed by atoms with Crippen molar-refractivity contribution < 1.29 is 18.7 Å². The highest BCUT2D eigenvalue weighted by molar-refractivity contribution is 6.53. The van der Waals surface area contributed by atoms with Gasteiger partial charge in [-0.2, -0.15) is 5.26 Å². The fourth-order valence-corrected chi connectivity index (χ4v) is 3.48. The van der Waals surface area contributed by atoms with Crippen LogP contribution in [0.25, 0.3) is 0 Å². The minimum absolute atomic E-state index is 0.0594.